The Bertz CT molecular complexity index is 874. The van der Waals surface area contributed by atoms with Crippen LogP contribution in [0.25, 0.3) is 0 Å². The van der Waals surface area contributed by atoms with Crippen LogP contribution in [0.15, 0.2) is 48.7 Å². The highest BCUT2D eigenvalue weighted by molar-refractivity contribution is 6.31. The van der Waals surface area contributed by atoms with Crippen molar-refractivity contribution in [1.29, 1.82) is 0 Å². The number of ether oxygens (including phenoxy) is 1. The molecule has 2 N–H and O–H groups in total. The molecule has 0 radical (unpaired) electrons. The van der Waals surface area contributed by atoms with E-state index in [1.807, 2.05) is 24.3 Å². The van der Waals surface area contributed by atoms with E-state index in [0.717, 1.165) is 11.4 Å². The van der Waals surface area contributed by atoms with Gasteiger partial charge in [-0.25, -0.2) is 0 Å². The van der Waals surface area contributed by atoms with Crippen molar-refractivity contribution in [3.05, 3.63) is 64.3 Å². The van der Waals surface area contributed by atoms with E-state index in [0.29, 0.717) is 34.8 Å². The van der Waals surface area contributed by atoms with E-state index in [2.05, 4.69) is 25.8 Å². The normalized spacial score (nSPS) is 10.4. The molecule has 0 unspecified atom stereocenters. The van der Waals surface area contributed by atoms with E-state index in [4.69, 9.17) is 27.9 Å². The number of nitrogens with one attached hydrogen (secondary N) is 2. The molecule has 1 heterocycles. The summed E-state index contributed by atoms with van der Waals surface area (Å²) in [6.07, 6.45) is 2.41. The quantitative estimate of drug-likeness (QED) is 0.615. The predicted octanol–water partition coefficient (Wildman–Crippen LogP) is 4.59. The van der Waals surface area contributed by atoms with Crippen LogP contribution in [0.3, 0.4) is 0 Å². The first-order valence-corrected chi connectivity index (χ1v) is 8.68. The van der Waals surface area contributed by atoms with Gasteiger partial charge in [-0.1, -0.05) is 35.3 Å². The van der Waals surface area contributed by atoms with Gasteiger partial charge in [-0.2, -0.15) is 10.1 Å². The first kappa shape index (κ1) is 18.2. The van der Waals surface area contributed by atoms with E-state index < -0.39 is 0 Å². The Balaban J connectivity index is 1.63. The molecule has 0 amide bonds. The Kier molecular flexibility index (Phi) is 6.09. The van der Waals surface area contributed by atoms with Crippen molar-refractivity contribution >= 4 is 40.7 Å². The van der Waals surface area contributed by atoms with Gasteiger partial charge >= 0.3 is 0 Å². The third kappa shape index (κ3) is 4.97. The van der Waals surface area contributed by atoms with Crippen LogP contribution < -0.4 is 15.4 Å². The maximum atomic E-state index is 6.04. The van der Waals surface area contributed by atoms with Crippen LogP contribution in [-0.2, 0) is 6.42 Å². The van der Waals surface area contributed by atoms with Crippen molar-refractivity contribution in [3.63, 3.8) is 0 Å². The van der Waals surface area contributed by atoms with E-state index in [-0.39, 0.29) is 0 Å². The minimum atomic E-state index is 0.349. The SMILES string of the molecule is COc1ccc(Cl)cc1Nc1nncc(NCCc2ccc(Cl)cc2)n1. The monoisotopic (exact) mass is 389 g/mol. The Morgan fingerprint density at radius 1 is 1.04 bits per heavy atom. The number of aromatic nitrogens is 3. The summed E-state index contributed by atoms with van der Waals surface area (Å²) >= 11 is 11.9. The van der Waals surface area contributed by atoms with Gasteiger partial charge in [0.25, 0.3) is 0 Å². The fourth-order valence-corrected chi connectivity index (χ4v) is 2.62. The Morgan fingerprint density at radius 2 is 1.81 bits per heavy atom. The van der Waals surface area contributed by atoms with Gasteiger partial charge in [0.2, 0.25) is 5.95 Å². The second-order valence-electron chi connectivity index (χ2n) is 5.44. The zero-order valence-corrected chi connectivity index (χ0v) is 15.6. The minimum absolute atomic E-state index is 0.349. The van der Waals surface area contributed by atoms with Crippen molar-refractivity contribution in [2.24, 2.45) is 0 Å². The second kappa shape index (κ2) is 8.69. The molecular weight excluding hydrogens is 373 g/mol. The lowest BCUT2D eigenvalue weighted by atomic mass is 10.1. The van der Waals surface area contributed by atoms with Gasteiger partial charge in [-0.3, -0.25) is 0 Å². The van der Waals surface area contributed by atoms with E-state index in [9.17, 15) is 0 Å². The Hall–Kier alpha value is -2.57. The van der Waals surface area contributed by atoms with Crippen molar-refractivity contribution in [1.82, 2.24) is 15.2 Å². The van der Waals surface area contributed by atoms with E-state index >= 15 is 0 Å². The molecule has 3 aromatic rings. The number of rotatable bonds is 7. The predicted molar refractivity (Wildman–Crippen MR) is 105 cm³/mol. The Labute approximate surface area is 161 Å². The molecule has 0 atom stereocenters. The van der Waals surface area contributed by atoms with Crippen LogP contribution in [0.4, 0.5) is 17.5 Å². The Morgan fingerprint density at radius 3 is 2.58 bits per heavy atom. The molecule has 0 bridgehead atoms. The van der Waals surface area contributed by atoms with Crippen LogP contribution in [0.2, 0.25) is 10.0 Å². The number of methoxy groups -OCH3 is 1. The van der Waals surface area contributed by atoms with Crippen LogP contribution in [0.1, 0.15) is 5.56 Å². The molecule has 0 saturated carbocycles. The third-order valence-electron chi connectivity index (χ3n) is 3.60. The molecule has 0 fully saturated rings. The molecule has 1 aromatic heterocycles. The smallest absolute Gasteiger partial charge is 0.249 e. The van der Waals surface area contributed by atoms with Gasteiger partial charge in [0.15, 0.2) is 5.82 Å². The third-order valence-corrected chi connectivity index (χ3v) is 4.09. The van der Waals surface area contributed by atoms with Gasteiger partial charge in [-0.05, 0) is 42.3 Å². The first-order valence-electron chi connectivity index (χ1n) is 7.92. The van der Waals surface area contributed by atoms with Crippen LogP contribution in [-0.4, -0.2) is 28.8 Å². The largest absolute Gasteiger partial charge is 0.495 e. The fraction of sp³-hybridized carbons (Fsp3) is 0.167. The summed E-state index contributed by atoms with van der Waals surface area (Å²) in [6, 6.07) is 13.0. The fourth-order valence-electron chi connectivity index (χ4n) is 2.33. The zero-order chi connectivity index (χ0) is 18.4. The molecule has 0 aliphatic heterocycles. The highest BCUT2D eigenvalue weighted by Gasteiger charge is 2.07. The number of anilines is 3. The number of hydrogen-bond donors (Lipinski definition) is 2. The van der Waals surface area contributed by atoms with Gasteiger partial charge in [0.1, 0.15) is 5.75 Å². The molecule has 8 heteroatoms. The summed E-state index contributed by atoms with van der Waals surface area (Å²) in [6.45, 7) is 0.709. The summed E-state index contributed by atoms with van der Waals surface area (Å²) < 4.78 is 5.30. The van der Waals surface area contributed by atoms with Gasteiger partial charge < -0.3 is 15.4 Å². The van der Waals surface area contributed by atoms with Gasteiger partial charge in [0, 0.05) is 16.6 Å². The van der Waals surface area contributed by atoms with E-state index in [1.54, 1.807) is 31.5 Å². The van der Waals surface area contributed by atoms with Crippen molar-refractivity contribution in [3.8, 4) is 5.75 Å². The van der Waals surface area contributed by atoms with Crippen LogP contribution in [0, 0.1) is 0 Å². The summed E-state index contributed by atoms with van der Waals surface area (Å²) in [4.78, 5) is 4.40. The summed E-state index contributed by atoms with van der Waals surface area (Å²) in [5.41, 5.74) is 1.85. The minimum Gasteiger partial charge on any atom is -0.495 e. The maximum absolute atomic E-state index is 6.04. The average Bonchev–Trinajstić information content (AvgIpc) is 2.64. The van der Waals surface area contributed by atoms with Crippen LogP contribution in [0.5, 0.6) is 5.75 Å². The van der Waals surface area contributed by atoms with Gasteiger partial charge in [-0.15, -0.1) is 5.10 Å². The summed E-state index contributed by atoms with van der Waals surface area (Å²) in [7, 11) is 1.59. The number of benzene rings is 2. The topological polar surface area (TPSA) is 72.0 Å². The number of nitrogens with zero attached hydrogens (tertiary/aromatic N) is 3. The molecule has 0 spiro atoms. The zero-order valence-electron chi connectivity index (χ0n) is 14.0. The first-order chi connectivity index (χ1) is 12.6. The molecule has 0 saturated heterocycles. The molecule has 6 nitrogen and oxygen atoms in total. The van der Waals surface area contributed by atoms with Gasteiger partial charge in [0.05, 0.1) is 19.0 Å². The van der Waals surface area contributed by atoms with E-state index in [1.165, 1.54) is 5.56 Å². The standard InChI is InChI=1S/C18H17Cl2N5O/c1-26-16-7-6-14(20)10-15(16)23-18-24-17(11-22-25-18)21-9-8-12-2-4-13(19)5-3-12/h2-7,10-11H,8-9H2,1H3,(H2,21,23,24,25). The number of hydrogen-bond acceptors (Lipinski definition) is 6. The average molecular weight is 390 g/mol. The molecular formula is C18H17Cl2N5O. The van der Waals surface area contributed by atoms with Crippen LogP contribution >= 0.6 is 23.2 Å². The molecule has 26 heavy (non-hydrogen) atoms. The summed E-state index contributed by atoms with van der Waals surface area (Å²) in [5, 5.41) is 15.6. The lowest BCUT2D eigenvalue weighted by molar-refractivity contribution is 0.417. The highest BCUT2D eigenvalue weighted by atomic mass is 35.5. The highest BCUT2D eigenvalue weighted by Crippen LogP contribution is 2.29. The molecule has 3 rings (SSSR count). The van der Waals surface area contributed by atoms with Crippen molar-refractivity contribution in [2.45, 2.75) is 6.42 Å². The summed E-state index contributed by atoms with van der Waals surface area (Å²) in [5.74, 6) is 1.61. The molecule has 2 aromatic carbocycles. The molecule has 0 aliphatic rings. The maximum Gasteiger partial charge on any atom is 0.249 e. The second-order valence-corrected chi connectivity index (χ2v) is 6.31. The lowest BCUT2D eigenvalue weighted by Gasteiger charge is -2.11. The lowest BCUT2D eigenvalue weighted by Crippen LogP contribution is -2.09. The van der Waals surface area contributed by atoms with Crippen molar-refractivity contribution in [2.75, 3.05) is 24.3 Å². The van der Waals surface area contributed by atoms with Crippen molar-refractivity contribution < 1.29 is 4.74 Å². The molecule has 0 aliphatic carbocycles. The number of halogens is 2. The molecule has 134 valence electrons.